The molecule has 0 aliphatic rings. The number of halogens is 2. The quantitative estimate of drug-likeness (QED) is 0.865. The number of hydrogen-bond acceptors (Lipinski definition) is 2. The molecule has 2 rings (SSSR count). The van der Waals surface area contributed by atoms with Crippen LogP contribution in [0.15, 0.2) is 35.3 Å². The highest BCUT2D eigenvalue weighted by molar-refractivity contribution is 9.10. The first kappa shape index (κ1) is 13.2. The van der Waals surface area contributed by atoms with Crippen LogP contribution in [0, 0.1) is 6.92 Å². The lowest BCUT2D eigenvalue weighted by Gasteiger charge is -2.05. The van der Waals surface area contributed by atoms with E-state index < -0.39 is 0 Å². The number of nitrogen functional groups attached to an aromatic ring is 1. The monoisotopic (exact) mass is 325 g/mol. The van der Waals surface area contributed by atoms with Crippen LogP contribution in [-0.2, 0) is 6.54 Å². The van der Waals surface area contributed by atoms with Gasteiger partial charge in [-0.3, -0.25) is 0 Å². The molecule has 2 N–H and O–H groups in total. The van der Waals surface area contributed by atoms with Crippen molar-refractivity contribution in [1.29, 1.82) is 0 Å². The molecular weight excluding hydrogens is 314 g/mol. The molecule has 5 heteroatoms. The lowest BCUT2D eigenvalue weighted by molar-refractivity contribution is 0.792. The van der Waals surface area contributed by atoms with E-state index in [0.717, 1.165) is 21.6 Å². The second-order valence-corrected chi connectivity index (χ2v) is 5.21. The van der Waals surface area contributed by atoms with Gasteiger partial charge in [-0.1, -0.05) is 33.6 Å². The molecular formula is C13H13BrClN3. The standard InChI is InChI=1S/C13H13BrClN3/c1-3-6-18-8(2)17-12(13(18)16)10-7-9(15)4-5-11(10)14/h3-5,7H,1,6,16H2,2H3. The van der Waals surface area contributed by atoms with E-state index in [9.17, 15) is 0 Å². The zero-order valence-corrected chi connectivity index (χ0v) is 12.3. The molecule has 2 aromatic rings. The molecule has 0 saturated carbocycles. The fourth-order valence-electron chi connectivity index (χ4n) is 1.82. The molecule has 0 bridgehead atoms. The van der Waals surface area contributed by atoms with Crippen molar-refractivity contribution in [1.82, 2.24) is 9.55 Å². The molecule has 94 valence electrons. The van der Waals surface area contributed by atoms with E-state index in [-0.39, 0.29) is 0 Å². The van der Waals surface area contributed by atoms with Crippen LogP contribution in [0.4, 0.5) is 5.82 Å². The van der Waals surface area contributed by atoms with Gasteiger partial charge in [0.15, 0.2) is 0 Å². The highest BCUT2D eigenvalue weighted by Crippen LogP contribution is 2.34. The highest BCUT2D eigenvalue weighted by Gasteiger charge is 2.15. The van der Waals surface area contributed by atoms with E-state index in [1.807, 2.05) is 29.7 Å². The van der Waals surface area contributed by atoms with E-state index in [1.165, 1.54) is 0 Å². The minimum atomic E-state index is 0.621. The molecule has 0 amide bonds. The molecule has 18 heavy (non-hydrogen) atoms. The van der Waals surface area contributed by atoms with Crippen LogP contribution in [0.2, 0.25) is 5.02 Å². The number of benzene rings is 1. The summed E-state index contributed by atoms with van der Waals surface area (Å²) in [6.45, 7) is 6.28. The maximum Gasteiger partial charge on any atom is 0.132 e. The average Bonchev–Trinajstić information content (AvgIpc) is 2.61. The smallest absolute Gasteiger partial charge is 0.132 e. The Kier molecular flexibility index (Phi) is 3.78. The molecule has 1 heterocycles. The summed E-state index contributed by atoms with van der Waals surface area (Å²) in [7, 11) is 0. The predicted octanol–water partition coefficient (Wildman–Crippen LogP) is 4.04. The van der Waals surface area contributed by atoms with Gasteiger partial charge < -0.3 is 10.3 Å². The van der Waals surface area contributed by atoms with Crippen molar-refractivity contribution in [3.63, 3.8) is 0 Å². The number of imidazole rings is 1. The minimum absolute atomic E-state index is 0.621. The first-order chi connectivity index (χ1) is 8.54. The van der Waals surface area contributed by atoms with Crippen LogP contribution >= 0.6 is 27.5 Å². The van der Waals surface area contributed by atoms with E-state index in [1.54, 1.807) is 6.08 Å². The number of aryl methyl sites for hydroxylation is 1. The van der Waals surface area contributed by atoms with Gasteiger partial charge in [0.1, 0.15) is 17.3 Å². The zero-order valence-electron chi connectivity index (χ0n) is 9.95. The van der Waals surface area contributed by atoms with Crippen molar-refractivity contribution in [3.05, 3.63) is 46.2 Å². The van der Waals surface area contributed by atoms with Crippen LogP contribution in [0.25, 0.3) is 11.3 Å². The van der Waals surface area contributed by atoms with Gasteiger partial charge >= 0.3 is 0 Å². The van der Waals surface area contributed by atoms with Crippen LogP contribution in [0.5, 0.6) is 0 Å². The van der Waals surface area contributed by atoms with Gasteiger partial charge in [0.25, 0.3) is 0 Å². The average molecular weight is 327 g/mol. The third-order valence-electron chi connectivity index (χ3n) is 2.69. The van der Waals surface area contributed by atoms with Crippen LogP contribution < -0.4 is 5.73 Å². The van der Waals surface area contributed by atoms with Gasteiger partial charge in [-0.25, -0.2) is 4.98 Å². The molecule has 0 fully saturated rings. The predicted molar refractivity (Wildman–Crippen MR) is 79.7 cm³/mol. The zero-order chi connectivity index (χ0) is 13.3. The summed E-state index contributed by atoms with van der Waals surface area (Å²) in [6, 6.07) is 5.56. The third kappa shape index (κ3) is 2.31. The summed E-state index contributed by atoms with van der Waals surface area (Å²) in [5.41, 5.74) is 7.76. The molecule has 0 saturated heterocycles. The van der Waals surface area contributed by atoms with Crippen LogP contribution in [0.3, 0.4) is 0 Å². The Balaban J connectivity index is 2.61. The van der Waals surface area contributed by atoms with Crippen molar-refractivity contribution < 1.29 is 0 Å². The molecule has 3 nitrogen and oxygen atoms in total. The molecule has 0 unspecified atom stereocenters. The molecule has 0 aliphatic heterocycles. The van der Waals surface area contributed by atoms with Crippen LogP contribution in [-0.4, -0.2) is 9.55 Å². The number of rotatable bonds is 3. The van der Waals surface area contributed by atoms with Gasteiger partial charge in [-0.2, -0.15) is 0 Å². The van der Waals surface area contributed by atoms with Gasteiger partial charge in [-0.05, 0) is 25.1 Å². The summed E-state index contributed by atoms with van der Waals surface area (Å²) >= 11 is 9.50. The Hall–Kier alpha value is -1.26. The molecule has 1 aromatic carbocycles. The summed E-state index contributed by atoms with van der Waals surface area (Å²) in [6.07, 6.45) is 1.79. The first-order valence-corrected chi connectivity index (χ1v) is 6.60. The molecule has 0 radical (unpaired) electrons. The lowest BCUT2D eigenvalue weighted by atomic mass is 10.1. The Morgan fingerprint density at radius 1 is 1.56 bits per heavy atom. The molecule has 0 aliphatic carbocycles. The largest absolute Gasteiger partial charge is 0.383 e. The molecule has 0 spiro atoms. The van der Waals surface area contributed by atoms with Gasteiger partial charge in [0, 0.05) is 21.6 Å². The van der Waals surface area contributed by atoms with E-state index >= 15 is 0 Å². The number of aromatic nitrogens is 2. The molecule has 0 atom stereocenters. The van der Waals surface area contributed by atoms with Crippen molar-refractivity contribution >= 4 is 33.3 Å². The fraction of sp³-hybridized carbons (Fsp3) is 0.154. The highest BCUT2D eigenvalue weighted by atomic mass is 79.9. The Morgan fingerprint density at radius 3 is 2.94 bits per heavy atom. The van der Waals surface area contributed by atoms with Gasteiger partial charge in [-0.15, -0.1) is 6.58 Å². The van der Waals surface area contributed by atoms with E-state index in [0.29, 0.717) is 17.4 Å². The Labute approximate surface area is 119 Å². The lowest BCUT2D eigenvalue weighted by Crippen LogP contribution is -2.03. The van der Waals surface area contributed by atoms with Crippen molar-refractivity contribution in [2.24, 2.45) is 0 Å². The first-order valence-electron chi connectivity index (χ1n) is 5.43. The summed E-state index contributed by atoms with van der Waals surface area (Å²) in [5.74, 6) is 1.48. The Morgan fingerprint density at radius 2 is 2.28 bits per heavy atom. The number of nitrogens with zero attached hydrogens (tertiary/aromatic N) is 2. The minimum Gasteiger partial charge on any atom is -0.383 e. The number of allylic oxidation sites excluding steroid dienone is 1. The van der Waals surface area contributed by atoms with Crippen molar-refractivity contribution in [2.45, 2.75) is 13.5 Å². The third-order valence-corrected chi connectivity index (χ3v) is 3.62. The topological polar surface area (TPSA) is 43.8 Å². The summed E-state index contributed by atoms with van der Waals surface area (Å²) in [4.78, 5) is 4.50. The normalized spacial score (nSPS) is 10.6. The maximum atomic E-state index is 6.13. The van der Waals surface area contributed by atoms with E-state index in [4.69, 9.17) is 17.3 Å². The second-order valence-electron chi connectivity index (χ2n) is 3.92. The summed E-state index contributed by atoms with van der Waals surface area (Å²) < 4.78 is 2.83. The fourth-order valence-corrected chi connectivity index (χ4v) is 2.42. The van der Waals surface area contributed by atoms with Crippen molar-refractivity contribution in [2.75, 3.05) is 5.73 Å². The van der Waals surface area contributed by atoms with E-state index in [2.05, 4.69) is 27.5 Å². The summed E-state index contributed by atoms with van der Waals surface area (Å²) in [5, 5.41) is 0.656. The van der Waals surface area contributed by atoms with Crippen molar-refractivity contribution in [3.8, 4) is 11.3 Å². The maximum absolute atomic E-state index is 6.13. The number of nitrogens with two attached hydrogens (primary N) is 1. The number of hydrogen-bond donors (Lipinski definition) is 1. The van der Waals surface area contributed by atoms with Gasteiger partial charge in [0.2, 0.25) is 0 Å². The van der Waals surface area contributed by atoms with Crippen LogP contribution in [0.1, 0.15) is 5.82 Å². The number of anilines is 1. The SMILES string of the molecule is C=CCn1c(C)nc(-c2cc(Cl)ccc2Br)c1N. The Bertz CT molecular complexity index is 605. The van der Waals surface area contributed by atoms with Gasteiger partial charge in [0.05, 0.1) is 0 Å². The molecule has 1 aromatic heterocycles. The second kappa shape index (κ2) is 5.16.